The molecule has 0 aliphatic rings. The Bertz CT molecular complexity index is 703. The smallest absolute Gasteiger partial charge is 0.367 e. The maximum atomic E-state index is 14.3. The predicted octanol–water partition coefficient (Wildman–Crippen LogP) is 3.92. The average molecular weight is 339 g/mol. The minimum atomic E-state index is -4.48. The predicted molar refractivity (Wildman–Crippen MR) is 75.8 cm³/mol. The lowest BCUT2D eigenvalue weighted by Crippen LogP contribution is -2.25. The molecule has 2 rings (SSSR count). The number of rotatable bonds is 3. The van der Waals surface area contributed by atoms with Gasteiger partial charge in [0, 0.05) is 11.5 Å². The largest absolute Gasteiger partial charge is 0.393 e. The molecule has 0 bridgehead atoms. The molecule has 9 heteroatoms. The molecule has 0 saturated carbocycles. The van der Waals surface area contributed by atoms with Gasteiger partial charge in [-0.1, -0.05) is 18.5 Å². The summed E-state index contributed by atoms with van der Waals surface area (Å²) in [5.74, 6) is -1.01. The van der Waals surface area contributed by atoms with Crippen molar-refractivity contribution in [2.24, 2.45) is 0 Å². The SMILES string of the molecule is CC(c1c(CC(F)(F)F)c(Cl)c2cnc(N)nn12)C(C)(C)F. The van der Waals surface area contributed by atoms with Crippen molar-refractivity contribution in [2.45, 2.75) is 45.0 Å². The molecule has 0 saturated heterocycles. The van der Waals surface area contributed by atoms with E-state index in [1.807, 2.05) is 0 Å². The van der Waals surface area contributed by atoms with Crippen LogP contribution in [0.3, 0.4) is 0 Å². The van der Waals surface area contributed by atoms with Crippen LogP contribution in [0.25, 0.3) is 5.52 Å². The zero-order chi connectivity index (χ0) is 16.9. The Hall–Kier alpha value is -1.57. The van der Waals surface area contributed by atoms with Gasteiger partial charge in [-0.2, -0.15) is 13.2 Å². The number of anilines is 1. The second-order valence-corrected chi connectivity index (χ2v) is 6.05. The third-order valence-electron chi connectivity index (χ3n) is 3.59. The van der Waals surface area contributed by atoms with Gasteiger partial charge in [0.1, 0.15) is 11.2 Å². The lowest BCUT2D eigenvalue weighted by atomic mass is 9.89. The van der Waals surface area contributed by atoms with Gasteiger partial charge in [-0.05, 0) is 13.8 Å². The highest BCUT2D eigenvalue weighted by Crippen LogP contribution is 2.40. The molecule has 2 heterocycles. The summed E-state index contributed by atoms with van der Waals surface area (Å²) in [7, 11) is 0. The first-order valence-electron chi connectivity index (χ1n) is 6.49. The summed E-state index contributed by atoms with van der Waals surface area (Å²) in [4.78, 5) is 3.73. The van der Waals surface area contributed by atoms with Gasteiger partial charge < -0.3 is 5.73 Å². The van der Waals surface area contributed by atoms with Crippen LogP contribution in [0.2, 0.25) is 5.02 Å². The van der Waals surface area contributed by atoms with Crippen molar-refractivity contribution in [2.75, 3.05) is 5.73 Å². The Labute approximate surface area is 129 Å². The third kappa shape index (κ3) is 3.11. The molecule has 0 aromatic carbocycles. The van der Waals surface area contributed by atoms with E-state index in [0.29, 0.717) is 0 Å². The highest BCUT2D eigenvalue weighted by molar-refractivity contribution is 6.35. The van der Waals surface area contributed by atoms with Crippen LogP contribution in [-0.2, 0) is 6.42 Å². The van der Waals surface area contributed by atoms with Crippen LogP contribution in [0.15, 0.2) is 6.20 Å². The number of nitrogens with zero attached hydrogens (tertiary/aromatic N) is 3. The molecule has 0 aliphatic heterocycles. The van der Waals surface area contributed by atoms with Crippen LogP contribution in [0, 0.1) is 0 Å². The molecule has 122 valence electrons. The van der Waals surface area contributed by atoms with Gasteiger partial charge in [-0.15, -0.1) is 5.10 Å². The number of hydrogen-bond acceptors (Lipinski definition) is 3. The zero-order valence-electron chi connectivity index (χ0n) is 12.2. The maximum Gasteiger partial charge on any atom is 0.393 e. The van der Waals surface area contributed by atoms with Gasteiger partial charge in [0.25, 0.3) is 0 Å². The van der Waals surface area contributed by atoms with E-state index in [1.165, 1.54) is 27.0 Å². The van der Waals surface area contributed by atoms with E-state index in [-0.39, 0.29) is 27.7 Å². The van der Waals surface area contributed by atoms with Gasteiger partial charge in [-0.3, -0.25) is 0 Å². The van der Waals surface area contributed by atoms with Gasteiger partial charge in [0.15, 0.2) is 0 Å². The van der Waals surface area contributed by atoms with Crippen LogP contribution in [0.4, 0.5) is 23.5 Å². The first kappa shape index (κ1) is 16.8. The number of aromatic nitrogens is 3. The first-order chi connectivity index (χ1) is 9.92. The fraction of sp³-hybridized carbons (Fsp3) is 0.538. The van der Waals surface area contributed by atoms with Crippen molar-refractivity contribution in [1.29, 1.82) is 0 Å². The average Bonchev–Trinajstić information content (AvgIpc) is 2.58. The van der Waals surface area contributed by atoms with E-state index in [1.54, 1.807) is 0 Å². The summed E-state index contributed by atoms with van der Waals surface area (Å²) in [5.41, 5.74) is 3.74. The van der Waals surface area contributed by atoms with Crippen LogP contribution >= 0.6 is 11.6 Å². The summed E-state index contributed by atoms with van der Waals surface area (Å²) < 4.78 is 54.0. The Morgan fingerprint density at radius 1 is 1.32 bits per heavy atom. The highest BCUT2D eigenvalue weighted by atomic mass is 35.5. The zero-order valence-corrected chi connectivity index (χ0v) is 12.9. The molecule has 1 unspecified atom stereocenters. The molecular weight excluding hydrogens is 324 g/mol. The van der Waals surface area contributed by atoms with Crippen molar-refractivity contribution >= 4 is 23.1 Å². The quantitative estimate of drug-likeness (QED) is 0.863. The molecule has 2 aromatic heterocycles. The number of alkyl halides is 4. The Balaban J connectivity index is 2.78. The third-order valence-corrected chi connectivity index (χ3v) is 4.02. The molecule has 2 aromatic rings. The van der Waals surface area contributed by atoms with Crippen molar-refractivity contribution in [3.63, 3.8) is 0 Å². The lowest BCUT2D eigenvalue weighted by Gasteiger charge is -2.24. The molecule has 0 fully saturated rings. The normalized spacial score (nSPS) is 14.5. The van der Waals surface area contributed by atoms with Gasteiger partial charge >= 0.3 is 6.18 Å². The minimum Gasteiger partial charge on any atom is -0.367 e. The van der Waals surface area contributed by atoms with Crippen LogP contribution in [0.1, 0.15) is 37.9 Å². The molecule has 22 heavy (non-hydrogen) atoms. The fourth-order valence-corrected chi connectivity index (χ4v) is 2.52. The number of nitrogens with two attached hydrogens (primary N) is 1. The molecule has 0 amide bonds. The van der Waals surface area contributed by atoms with E-state index in [4.69, 9.17) is 17.3 Å². The second kappa shape index (κ2) is 5.26. The monoisotopic (exact) mass is 338 g/mol. The topological polar surface area (TPSA) is 56.2 Å². The highest BCUT2D eigenvalue weighted by Gasteiger charge is 2.38. The standard InChI is InChI=1S/C13H15ClF4N4/c1-6(12(2,3)15)10-7(4-13(16,17)18)9(14)8-5-20-11(19)21-22(8)10/h5-6H,4H2,1-3H3,(H2,19,21). The molecule has 2 N–H and O–H groups in total. The number of fused-ring (bicyclic) bond motifs is 1. The molecule has 0 aliphatic carbocycles. The van der Waals surface area contributed by atoms with Crippen molar-refractivity contribution in [1.82, 2.24) is 14.6 Å². The van der Waals surface area contributed by atoms with Crippen LogP contribution in [-0.4, -0.2) is 26.4 Å². The van der Waals surface area contributed by atoms with Crippen molar-refractivity contribution < 1.29 is 17.6 Å². The molecular formula is C13H15ClF4N4. The molecule has 1 atom stereocenters. The first-order valence-corrected chi connectivity index (χ1v) is 6.86. The van der Waals surface area contributed by atoms with Crippen LogP contribution < -0.4 is 5.73 Å². The Kier molecular flexibility index (Phi) is 4.01. The fourth-order valence-electron chi connectivity index (χ4n) is 2.23. The van der Waals surface area contributed by atoms with E-state index < -0.39 is 24.2 Å². The van der Waals surface area contributed by atoms with E-state index in [9.17, 15) is 17.6 Å². The summed E-state index contributed by atoms with van der Waals surface area (Å²) in [6.07, 6.45) is -4.53. The molecule has 0 spiro atoms. The molecule has 0 radical (unpaired) electrons. The van der Waals surface area contributed by atoms with E-state index >= 15 is 0 Å². The summed E-state index contributed by atoms with van der Waals surface area (Å²) >= 11 is 6.05. The Morgan fingerprint density at radius 2 is 1.91 bits per heavy atom. The summed E-state index contributed by atoms with van der Waals surface area (Å²) in [6, 6.07) is 0. The van der Waals surface area contributed by atoms with Crippen LogP contribution in [0.5, 0.6) is 0 Å². The lowest BCUT2D eigenvalue weighted by molar-refractivity contribution is -0.127. The van der Waals surface area contributed by atoms with Crippen molar-refractivity contribution in [3.8, 4) is 0 Å². The van der Waals surface area contributed by atoms with Gasteiger partial charge in [0.2, 0.25) is 5.95 Å². The van der Waals surface area contributed by atoms with Gasteiger partial charge in [0.05, 0.1) is 23.3 Å². The van der Waals surface area contributed by atoms with E-state index in [2.05, 4.69) is 10.1 Å². The minimum absolute atomic E-state index is 0.0546. The van der Waals surface area contributed by atoms with Gasteiger partial charge in [-0.25, -0.2) is 13.9 Å². The number of nitrogen functional groups attached to an aromatic ring is 1. The summed E-state index contributed by atoms with van der Waals surface area (Å²) in [5, 5.41) is 3.75. The summed E-state index contributed by atoms with van der Waals surface area (Å²) in [6.45, 7) is 4.05. The van der Waals surface area contributed by atoms with Crippen molar-refractivity contribution in [3.05, 3.63) is 22.5 Å². The van der Waals surface area contributed by atoms with E-state index in [0.717, 1.165) is 4.52 Å². The second-order valence-electron chi connectivity index (χ2n) is 5.67. The Morgan fingerprint density at radius 3 is 2.41 bits per heavy atom. The number of halogens is 5. The maximum absolute atomic E-state index is 14.3. The molecule has 4 nitrogen and oxygen atoms in total. The number of hydrogen-bond donors (Lipinski definition) is 1.